The third-order valence-electron chi connectivity index (χ3n) is 4.16. The van der Waals surface area contributed by atoms with Crippen molar-refractivity contribution in [2.75, 3.05) is 11.6 Å². The summed E-state index contributed by atoms with van der Waals surface area (Å²) < 4.78 is 56.9. The van der Waals surface area contributed by atoms with Crippen molar-refractivity contribution in [3.8, 4) is 5.88 Å². The average Bonchev–Trinajstić information content (AvgIpc) is 2.68. The van der Waals surface area contributed by atoms with Gasteiger partial charge in [-0.1, -0.05) is 18.2 Å². The van der Waals surface area contributed by atoms with Crippen LogP contribution in [0.3, 0.4) is 0 Å². The summed E-state index contributed by atoms with van der Waals surface area (Å²) in [5.74, 6) is -1.37. The van der Waals surface area contributed by atoms with Crippen LogP contribution < -0.4 is 10.1 Å². The highest BCUT2D eigenvalue weighted by Crippen LogP contribution is 2.29. The van der Waals surface area contributed by atoms with Crippen LogP contribution in [0.2, 0.25) is 0 Å². The lowest BCUT2D eigenvalue weighted by Crippen LogP contribution is -2.15. The van der Waals surface area contributed by atoms with Gasteiger partial charge in [0.2, 0.25) is 5.88 Å². The first-order chi connectivity index (χ1) is 14.1. The quantitative estimate of drug-likeness (QED) is 0.603. The summed E-state index contributed by atoms with van der Waals surface area (Å²) in [5, 5.41) is 3.11. The molecule has 0 radical (unpaired) electrons. The number of ether oxygens (including phenoxy) is 1. The van der Waals surface area contributed by atoms with E-state index in [1.807, 2.05) is 13.8 Å². The predicted molar refractivity (Wildman–Crippen MR) is 109 cm³/mol. The Hall–Kier alpha value is -3.07. The molecule has 0 bridgehead atoms. The molecule has 30 heavy (non-hydrogen) atoms. The summed E-state index contributed by atoms with van der Waals surface area (Å²) in [6.45, 7) is 3.70. The first-order valence-corrected chi connectivity index (χ1v) is 11.0. The molecule has 158 valence electrons. The van der Waals surface area contributed by atoms with Crippen molar-refractivity contribution in [2.24, 2.45) is 0 Å². The van der Waals surface area contributed by atoms with Gasteiger partial charge in [0.1, 0.15) is 5.82 Å². The van der Waals surface area contributed by atoms with Crippen LogP contribution in [0, 0.1) is 11.6 Å². The summed E-state index contributed by atoms with van der Waals surface area (Å²) in [4.78, 5) is 8.53. The molecule has 0 aliphatic carbocycles. The molecule has 3 rings (SSSR count). The van der Waals surface area contributed by atoms with Crippen LogP contribution in [-0.4, -0.2) is 30.7 Å². The van der Waals surface area contributed by atoms with Gasteiger partial charge in [0, 0.05) is 6.26 Å². The van der Waals surface area contributed by atoms with Crippen LogP contribution in [0.25, 0.3) is 0 Å². The maximum absolute atomic E-state index is 13.9. The summed E-state index contributed by atoms with van der Waals surface area (Å²) in [7, 11) is -3.46. The number of hydrogen-bond donors (Lipinski definition) is 1. The highest BCUT2D eigenvalue weighted by atomic mass is 32.2. The number of rotatable bonds is 7. The molecule has 0 saturated heterocycles. The van der Waals surface area contributed by atoms with Gasteiger partial charge in [0.05, 0.1) is 29.4 Å². The molecule has 0 fully saturated rings. The largest absolute Gasteiger partial charge is 0.474 e. The normalized spacial score (nSPS) is 12.6. The van der Waals surface area contributed by atoms with Crippen molar-refractivity contribution in [2.45, 2.75) is 30.9 Å². The molecule has 1 heterocycles. The van der Waals surface area contributed by atoms with Crippen LogP contribution in [0.5, 0.6) is 5.88 Å². The number of benzene rings is 2. The van der Waals surface area contributed by atoms with Gasteiger partial charge in [-0.3, -0.25) is 4.98 Å². The lowest BCUT2D eigenvalue weighted by Gasteiger charge is -2.21. The van der Waals surface area contributed by atoms with E-state index < -0.39 is 27.5 Å². The third-order valence-corrected chi connectivity index (χ3v) is 5.27. The van der Waals surface area contributed by atoms with Crippen LogP contribution >= 0.6 is 0 Å². The van der Waals surface area contributed by atoms with Gasteiger partial charge in [-0.2, -0.15) is 4.98 Å². The van der Waals surface area contributed by atoms with Crippen molar-refractivity contribution in [1.29, 1.82) is 0 Å². The molecule has 1 unspecified atom stereocenters. The number of sulfone groups is 1. The number of nitrogens with zero attached hydrogens (tertiary/aromatic N) is 2. The molecule has 1 N–H and O–H groups in total. The summed E-state index contributed by atoms with van der Waals surface area (Å²) in [6.07, 6.45) is 3.91. The Morgan fingerprint density at radius 1 is 1.00 bits per heavy atom. The number of aromatic nitrogens is 2. The van der Waals surface area contributed by atoms with Gasteiger partial charge in [-0.15, -0.1) is 0 Å². The monoisotopic (exact) mass is 433 g/mol. The second-order valence-electron chi connectivity index (χ2n) is 7.00. The number of hydrogen-bond acceptors (Lipinski definition) is 6. The Labute approximate surface area is 173 Å². The molecule has 1 aromatic heterocycles. The summed E-state index contributed by atoms with van der Waals surface area (Å²) >= 11 is 0. The highest BCUT2D eigenvalue weighted by molar-refractivity contribution is 7.90. The standard InChI is InChI=1S/C21H21F2N3O3S/c1-13(2)29-20-12-24-11-19(25-20)26-21(15-7-8-17(22)18(23)10-15)14-5-4-6-16(9-14)30(3,27)28/h4-13,21H,1-3H3,(H,25,26). The minimum absolute atomic E-state index is 0.108. The van der Waals surface area contributed by atoms with Crippen molar-refractivity contribution in [3.63, 3.8) is 0 Å². The molecule has 0 amide bonds. The topological polar surface area (TPSA) is 81.2 Å². The Balaban J connectivity index is 2.06. The molecule has 0 spiro atoms. The highest BCUT2D eigenvalue weighted by Gasteiger charge is 2.19. The zero-order valence-corrected chi connectivity index (χ0v) is 17.5. The SMILES string of the molecule is CC(C)Oc1cncc(NC(c2cccc(S(C)(=O)=O)c2)c2ccc(F)c(F)c2)n1. The molecule has 0 aliphatic rings. The Bertz CT molecular complexity index is 1150. The fourth-order valence-electron chi connectivity index (χ4n) is 2.84. The minimum Gasteiger partial charge on any atom is -0.474 e. The van der Waals surface area contributed by atoms with Crippen molar-refractivity contribution in [3.05, 3.63) is 77.6 Å². The lowest BCUT2D eigenvalue weighted by molar-refractivity contribution is 0.232. The van der Waals surface area contributed by atoms with E-state index in [1.165, 1.54) is 30.6 Å². The van der Waals surface area contributed by atoms with Gasteiger partial charge in [-0.05, 0) is 49.2 Å². The molecule has 9 heteroatoms. The Kier molecular flexibility index (Phi) is 6.31. The van der Waals surface area contributed by atoms with Crippen LogP contribution in [-0.2, 0) is 9.84 Å². The molecular formula is C21H21F2N3O3S. The van der Waals surface area contributed by atoms with Crippen molar-refractivity contribution < 1.29 is 21.9 Å². The molecular weight excluding hydrogens is 412 g/mol. The van der Waals surface area contributed by atoms with Gasteiger partial charge in [0.25, 0.3) is 0 Å². The molecule has 6 nitrogen and oxygen atoms in total. The first kappa shape index (κ1) is 21.6. The minimum atomic E-state index is -3.46. The fourth-order valence-corrected chi connectivity index (χ4v) is 3.52. The van der Waals surface area contributed by atoms with Gasteiger partial charge < -0.3 is 10.1 Å². The zero-order chi connectivity index (χ0) is 21.9. The third kappa shape index (κ3) is 5.29. The van der Waals surface area contributed by atoms with E-state index in [9.17, 15) is 17.2 Å². The second kappa shape index (κ2) is 8.74. The van der Waals surface area contributed by atoms with E-state index in [4.69, 9.17) is 4.74 Å². The van der Waals surface area contributed by atoms with Gasteiger partial charge in [0.15, 0.2) is 21.5 Å². The molecule has 2 aromatic carbocycles. The van der Waals surface area contributed by atoms with E-state index in [0.29, 0.717) is 22.8 Å². The van der Waals surface area contributed by atoms with E-state index in [1.54, 1.807) is 12.1 Å². The van der Waals surface area contributed by atoms with Crippen LogP contribution in [0.4, 0.5) is 14.6 Å². The van der Waals surface area contributed by atoms with Crippen molar-refractivity contribution in [1.82, 2.24) is 9.97 Å². The van der Waals surface area contributed by atoms with Crippen LogP contribution in [0.15, 0.2) is 59.8 Å². The Morgan fingerprint density at radius 2 is 1.73 bits per heavy atom. The fraction of sp³-hybridized carbons (Fsp3) is 0.238. The van der Waals surface area contributed by atoms with E-state index >= 15 is 0 Å². The number of nitrogens with one attached hydrogen (secondary N) is 1. The molecule has 0 aliphatic heterocycles. The van der Waals surface area contributed by atoms with Crippen molar-refractivity contribution >= 4 is 15.7 Å². The molecule has 3 aromatic rings. The van der Waals surface area contributed by atoms with E-state index in [-0.39, 0.29) is 11.0 Å². The predicted octanol–water partition coefficient (Wildman–Crippen LogP) is 4.15. The lowest BCUT2D eigenvalue weighted by atomic mass is 9.98. The maximum Gasteiger partial charge on any atom is 0.234 e. The maximum atomic E-state index is 13.9. The number of anilines is 1. The van der Waals surface area contributed by atoms with E-state index in [0.717, 1.165) is 18.4 Å². The second-order valence-corrected chi connectivity index (χ2v) is 9.02. The van der Waals surface area contributed by atoms with Gasteiger partial charge >= 0.3 is 0 Å². The summed E-state index contributed by atoms with van der Waals surface area (Å²) in [5.41, 5.74) is 0.914. The smallest absolute Gasteiger partial charge is 0.234 e. The molecule has 0 saturated carbocycles. The van der Waals surface area contributed by atoms with Gasteiger partial charge in [-0.25, -0.2) is 17.2 Å². The van der Waals surface area contributed by atoms with Crippen LogP contribution in [0.1, 0.15) is 31.0 Å². The summed E-state index contributed by atoms with van der Waals surface area (Å²) in [6, 6.07) is 9.01. The number of halogens is 2. The first-order valence-electron chi connectivity index (χ1n) is 9.13. The van der Waals surface area contributed by atoms with E-state index in [2.05, 4.69) is 15.3 Å². The average molecular weight is 433 g/mol. The molecule has 1 atom stereocenters. The Morgan fingerprint density at radius 3 is 2.40 bits per heavy atom. The zero-order valence-electron chi connectivity index (χ0n) is 16.6.